The van der Waals surface area contributed by atoms with E-state index in [1.54, 1.807) is 19.2 Å². The second-order valence-electron chi connectivity index (χ2n) is 9.83. The van der Waals surface area contributed by atoms with E-state index < -0.39 is 11.6 Å². The number of rotatable bonds is 7. The van der Waals surface area contributed by atoms with E-state index in [0.717, 1.165) is 44.1 Å². The third-order valence-electron chi connectivity index (χ3n) is 7.23. The molecule has 3 heterocycles. The van der Waals surface area contributed by atoms with Crippen molar-refractivity contribution in [1.29, 1.82) is 0 Å². The summed E-state index contributed by atoms with van der Waals surface area (Å²) in [5.41, 5.74) is 3.22. The van der Waals surface area contributed by atoms with Gasteiger partial charge in [0.1, 0.15) is 29.3 Å². The zero-order chi connectivity index (χ0) is 26.9. The summed E-state index contributed by atoms with van der Waals surface area (Å²) in [6, 6.07) is 14.8. The number of methoxy groups -OCH3 is 1. The van der Waals surface area contributed by atoms with Gasteiger partial charge >= 0.3 is 0 Å². The molecule has 39 heavy (non-hydrogen) atoms. The molecule has 7 nitrogen and oxygen atoms in total. The number of nitrogens with one attached hydrogen (secondary N) is 2. The number of para-hydroxylation sites is 2. The van der Waals surface area contributed by atoms with Crippen LogP contribution in [0.3, 0.4) is 0 Å². The van der Waals surface area contributed by atoms with Crippen LogP contribution in [-0.2, 0) is 9.53 Å². The van der Waals surface area contributed by atoms with Crippen molar-refractivity contribution in [3.8, 4) is 17.1 Å². The number of nitrogens with zero attached hydrogens (tertiary/aromatic N) is 2. The summed E-state index contributed by atoms with van der Waals surface area (Å²) in [5.74, 6) is -0.962. The number of piperidine rings is 1. The third kappa shape index (κ3) is 5.15. The fraction of sp³-hybridized carbons (Fsp3) is 0.267. The number of aromatic amines is 1. The lowest BCUT2D eigenvalue weighted by molar-refractivity contribution is -0.110. The Hall–Kier alpha value is -4.08. The molecule has 2 aliphatic rings. The fourth-order valence-electron chi connectivity index (χ4n) is 5.23. The maximum atomic E-state index is 15.2. The average molecular weight is 531 g/mol. The first kappa shape index (κ1) is 25.2. The minimum absolute atomic E-state index is 0.0661. The van der Waals surface area contributed by atoms with E-state index in [2.05, 4.69) is 20.2 Å². The molecule has 200 valence electrons. The van der Waals surface area contributed by atoms with Crippen molar-refractivity contribution in [3.05, 3.63) is 77.4 Å². The number of aromatic nitrogens is 2. The number of hydrogen-bond acceptors (Lipinski definition) is 5. The summed E-state index contributed by atoms with van der Waals surface area (Å²) in [6.07, 6.45) is 3.36. The highest BCUT2D eigenvalue weighted by atomic mass is 19.1. The van der Waals surface area contributed by atoms with Gasteiger partial charge in [-0.25, -0.2) is 13.8 Å². The van der Waals surface area contributed by atoms with Crippen molar-refractivity contribution >= 4 is 34.3 Å². The third-order valence-corrected chi connectivity index (χ3v) is 7.23. The molecule has 0 saturated carbocycles. The fourth-order valence-corrected chi connectivity index (χ4v) is 5.23. The minimum atomic E-state index is -0.770. The van der Waals surface area contributed by atoms with Crippen LogP contribution in [0.2, 0.25) is 0 Å². The summed E-state index contributed by atoms with van der Waals surface area (Å²) in [6.45, 7) is 3.47. The molecule has 2 aliphatic heterocycles. The quantitative estimate of drug-likeness (QED) is 0.309. The summed E-state index contributed by atoms with van der Waals surface area (Å²) in [5, 5.41) is 2.84. The maximum absolute atomic E-state index is 15.2. The number of amides is 1. The first-order chi connectivity index (χ1) is 19.0. The van der Waals surface area contributed by atoms with Crippen LogP contribution in [0.25, 0.3) is 34.1 Å². The Morgan fingerprint density at radius 1 is 1.10 bits per heavy atom. The number of imidazole rings is 1. The molecule has 1 aromatic heterocycles. The molecule has 3 aromatic carbocycles. The van der Waals surface area contributed by atoms with Crippen molar-refractivity contribution in [2.45, 2.75) is 18.9 Å². The number of fused-ring (bicyclic) bond motifs is 2. The summed E-state index contributed by atoms with van der Waals surface area (Å²) < 4.78 is 41.0. The highest BCUT2D eigenvalue weighted by Gasteiger charge is 2.27. The number of likely N-dealkylation sites (tertiary alicyclic amines) is 1. The van der Waals surface area contributed by atoms with E-state index >= 15 is 4.39 Å². The topological polar surface area (TPSA) is 79.5 Å². The largest absolute Gasteiger partial charge is 0.490 e. The average Bonchev–Trinajstić information content (AvgIpc) is 3.48. The van der Waals surface area contributed by atoms with Crippen LogP contribution in [-0.4, -0.2) is 60.2 Å². The second-order valence-corrected chi connectivity index (χ2v) is 9.83. The highest BCUT2D eigenvalue weighted by Crippen LogP contribution is 2.38. The number of anilines is 1. The number of benzene rings is 3. The van der Waals surface area contributed by atoms with Gasteiger partial charge in [-0.05, 0) is 60.9 Å². The highest BCUT2D eigenvalue weighted by molar-refractivity contribution is 6.35. The monoisotopic (exact) mass is 530 g/mol. The smallest absolute Gasteiger partial charge is 0.256 e. The van der Waals surface area contributed by atoms with Gasteiger partial charge in [0.15, 0.2) is 0 Å². The van der Waals surface area contributed by atoms with Gasteiger partial charge in [0.25, 0.3) is 5.91 Å². The molecule has 1 saturated heterocycles. The molecular weight excluding hydrogens is 502 g/mol. The van der Waals surface area contributed by atoms with Crippen LogP contribution >= 0.6 is 0 Å². The summed E-state index contributed by atoms with van der Waals surface area (Å²) >= 11 is 0. The van der Waals surface area contributed by atoms with Crippen LogP contribution in [0.1, 0.15) is 24.0 Å². The Kier molecular flexibility index (Phi) is 6.85. The van der Waals surface area contributed by atoms with Gasteiger partial charge in [-0.2, -0.15) is 0 Å². The Balaban J connectivity index is 1.31. The molecular formula is C30H28F2N4O3. The second kappa shape index (κ2) is 10.6. The molecule has 0 radical (unpaired) electrons. The molecule has 4 aromatic rings. The number of carbonyl (C=O) groups excluding carboxylic acids is 1. The standard InChI is InChI=1S/C30H28F2N4O3/c1-38-13-12-36-10-8-20(9-11-36)39-21-6-7-25-22(17-21)23(30(37)35-25)15-18-14-19(31)16-24(32)28(18)29-33-26-4-2-3-5-27(26)34-29/h2-7,14-17,20H,8-13H2,1H3,(H,33,34)(H,35,37)/b23-15-. The van der Waals surface area contributed by atoms with Crippen molar-refractivity contribution in [3.63, 3.8) is 0 Å². The molecule has 6 rings (SSSR count). The molecule has 1 amide bonds. The van der Waals surface area contributed by atoms with E-state index in [0.29, 0.717) is 34.7 Å². The molecule has 0 unspecified atom stereocenters. The van der Waals surface area contributed by atoms with E-state index in [1.165, 1.54) is 12.1 Å². The van der Waals surface area contributed by atoms with Gasteiger partial charge in [-0.3, -0.25) is 4.79 Å². The number of carbonyl (C=O) groups is 1. The summed E-state index contributed by atoms with van der Waals surface area (Å²) in [7, 11) is 1.70. The summed E-state index contributed by atoms with van der Waals surface area (Å²) in [4.78, 5) is 22.9. The van der Waals surface area contributed by atoms with Crippen molar-refractivity contribution in [1.82, 2.24) is 14.9 Å². The van der Waals surface area contributed by atoms with Crippen LogP contribution in [0.5, 0.6) is 5.75 Å². The maximum Gasteiger partial charge on any atom is 0.256 e. The number of hydrogen-bond donors (Lipinski definition) is 2. The van der Waals surface area contributed by atoms with E-state index in [4.69, 9.17) is 9.47 Å². The number of ether oxygens (including phenoxy) is 2. The van der Waals surface area contributed by atoms with Crippen LogP contribution in [0.4, 0.5) is 14.5 Å². The molecule has 1 fully saturated rings. The van der Waals surface area contributed by atoms with Gasteiger partial charge in [-0.15, -0.1) is 0 Å². The Bertz CT molecular complexity index is 1540. The van der Waals surface area contributed by atoms with Crippen LogP contribution in [0, 0.1) is 11.6 Å². The lowest BCUT2D eigenvalue weighted by Gasteiger charge is -2.32. The van der Waals surface area contributed by atoms with Crippen LogP contribution in [0.15, 0.2) is 54.6 Å². The molecule has 9 heteroatoms. The predicted molar refractivity (Wildman–Crippen MR) is 146 cm³/mol. The van der Waals surface area contributed by atoms with Gasteiger partial charge in [0.05, 0.1) is 23.2 Å². The van der Waals surface area contributed by atoms with Crippen molar-refractivity contribution < 1.29 is 23.0 Å². The minimum Gasteiger partial charge on any atom is -0.490 e. The predicted octanol–water partition coefficient (Wildman–Crippen LogP) is 5.49. The van der Waals surface area contributed by atoms with E-state index in [-0.39, 0.29) is 29.0 Å². The van der Waals surface area contributed by atoms with E-state index in [9.17, 15) is 9.18 Å². The van der Waals surface area contributed by atoms with Gasteiger partial charge in [0.2, 0.25) is 0 Å². The first-order valence-corrected chi connectivity index (χ1v) is 13.0. The lowest BCUT2D eigenvalue weighted by atomic mass is 9.99. The number of H-pyrrole nitrogens is 1. The molecule has 0 atom stereocenters. The normalized spacial score (nSPS) is 17.1. The Labute approximate surface area is 224 Å². The number of halogens is 2. The lowest BCUT2D eigenvalue weighted by Crippen LogP contribution is -2.39. The zero-order valence-corrected chi connectivity index (χ0v) is 21.5. The van der Waals surface area contributed by atoms with Gasteiger partial charge < -0.3 is 24.7 Å². The van der Waals surface area contributed by atoms with Crippen molar-refractivity contribution in [2.75, 3.05) is 38.7 Å². The Morgan fingerprint density at radius 3 is 2.72 bits per heavy atom. The SMILES string of the molecule is COCCN1CCC(Oc2ccc3c(c2)/C(=C/c2cc(F)cc(F)c2-c2nc4ccccc4[nH]2)C(=O)N3)CC1. The molecule has 0 spiro atoms. The van der Waals surface area contributed by atoms with Gasteiger partial charge in [0, 0.05) is 49.6 Å². The molecule has 2 N–H and O–H groups in total. The van der Waals surface area contributed by atoms with E-state index in [1.807, 2.05) is 30.3 Å². The molecule has 0 aliphatic carbocycles. The molecule has 0 bridgehead atoms. The Morgan fingerprint density at radius 2 is 1.92 bits per heavy atom. The zero-order valence-electron chi connectivity index (χ0n) is 21.5. The van der Waals surface area contributed by atoms with Crippen LogP contribution < -0.4 is 10.1 Å². The van der Waals surface area contributed by atoms with Gasteiger partial charge in [-0.1, -0.05) is 12.1 Å². The first-order valence-electron chi connectivity index (χ1n) is 13.0. The van der Waals surface area contributed by atoms with Crippen molar-refractivity contribution in [2.24, 2.45) is 0 Å².